The molecule has 1 saturated heterocycles. The van der Waals surface area contributed by atoms with Crippen molar-refractivity contribution in [3.8, 4) is 0 Å². The van der Waals surface area contributed by atoms with Crippen LogP contribution in [0.2, 0.25) is 0 Å². The van der Waals surface area contributed by atoms with Gasteiger partial charge < -0.3 is 4.90 Å². The average molecular weight is 317 g/mol. The molecule has 0 radical (unpaired) electrons. The van der Waals surface area contributed by atoms with Crippen molar-refractivity contribution in [2.75, 3.05) is 12.4 Å². The number of benzene rings is 1. The highest BCUT2D eigenvalue weighted by atomic mass is 79.9. The van der Waals surface area contributed by atoms with Gasteiger partial charge in [0.05, 0.1) is 6.04 Å². The lowest BCUT2D eigenvalue weighted by Gasteiger charge is -2.25. The number of rotatable bonds is 3. The first kappa shape index (κ1) is 12.9. The maximum atomic E-state index is 11.9. The molecule has 1 amide bonds. The highest BCUT2D eigenvalue weighted by Gasteiger charge is 2.29. The topological polar surface area (TPSA) is 20.3 Å². The number of nitrogens with zero attached hydrogens (tertiary/aromatic N) is 1. The van der Waals surface area contributed by atoms with Crippen molar-refractivity contribution in [2.45, 2.75) is 25.3 Å². The lowest BCUT2D eigenvalue weighted by atomic mass is 10.0. The van der Waals surface area contributed by atoms with Crippen LogP contribution in [0, 0.1) is 0 Å². The van der Waals surface area contributed by atoms with Gasteiger partial charge in [0.25, 0.3) is 0 Å². The molecule has 2 nitrogen and oxygen atoms in total. The molecule has 1 aliphatic rings. The summed E-state index contributed by atoms with van der Waals surface area (Å²) in [6, 6.07) is 8.42. The monoisotopic (exact) mass is 315 g/mol. The van der Waals surface area contributed by atoms with Crippen LogP contribution >= 0.6 is 27.5 Å². The van der Waals surface area contributed by atoms with Crippen molar-refractivity contribution in [1.82, 2.24) is 4.90 Å². The zero-order valence-electron chi connectivity index (χ0n) is 9.53. The minimum Gasteiger partial charge on any atom is -0.336 e. The summed E-state index contributed by atoms with van der Waals surface area (Å²) < 4.78 is 1.06. The minimum atomic E-state index is 0.169. The number of likely N-dealkylation sites (tertiary alicyclic amines) is 1. The van der Waals surface area contributed by atoms with Crippen LogP contribution in [-0.4, -0.2) is 23.2 Å². The number of carbonyl (C=O) groups is 1. The number of hydrogen-bond acceptors (Lipinski definition) is 1. The van der Waals surface area contributed by atoms with Gasteiger partial charge in [-0.25, -0.2) is 0 Å². The lowest BCUT2D eigenvalue weighted by molar-refractivity contribution is -0.131. The van der Waals surface area contributed by atoms with Crippen molar-refractivity contribution in [1.29, 1.82) is 0 Å². The van der Waals surface area contributed by atoms with Gasteiger partial charge >= 0.3 is 0 Å². The molecule has 0 aliphatic carbocycles. The fourth-order valence-corrected chi connectivity index (χ4v) is 2.93. The minimum absolute atomic E-state index is 0.169. The second-order valence-corrected chi connectivity index (χ2v) is 5.53. The fraction of sp³-hybridized carbons (Fsp3) is 0.462. The Balaban J connectivity index is 2.17. The predicted molar refractivity (Wildman–Crippen MR) is 73.2 cm³/mol. The molecule has 0 bridgehead atoms. The van der Waals surface area contributed by atoms with E-state index in [1.54, 1.807) is 0 Å². The molecule has 0 N–H and O–H groups in total. The molecule has 1 unspecified atom stereocenters. The highest BCUT2D eigenvalue weighted by molar-refractivity contribution is 9.10. The van der Waals surface area contributed by atoms with E-state index in [9.17, 15) is 4.79 Å². The number of amides is 1. The molecule has 0 spiro atoms. The summed E-state index contributed by atoms with van der Waals surface area (Å²) in [5.41, 5.74) is 1.21. The van der Waals surface area contributed by atoms with Gasteiger partial charge in [-0.2, -0.15) is 0 Å². The van der Waals surface area contributed by atoms with Gasteiger partial charge in [-0.05, 0) is 30.5 Å². The van der Waals surface area contributed by atoms with E-state index in [1.807, 2.05) is 17.0 Å². The molecular weight excluding hydrogens is 302 g/mol. The van der Waals surface area contributed by atoms with E-state index in [1.165, 1.54) is 5.56 Å². The Kier molecular flexibility index (Phi) is 4.46. The van der Waals surface area contributed by atoms with E-state index in [4.69, 9.17) is 11.6 Å². The van der Waals surface area contributed by atoms with Crippen molar-refractivity contribution in [2.24, 2.45) is 0 Å². The molecule has 1 heterocycles. The standard InChI is InChI=1S/C13H15BrClNO/c14-11-4-1-3-10(9-11)12-5-2-8-16(12)13(17)6-7-15/h1,3-4,9,12H,2,5-8H2. The van der Waals surface area contributed by atoms with Gasteiger partial charge in [-0.3, -0.25) is 4.79 Å². The zero-order valence-corrected chi connectivity index (χ0v) is 11.9. The van der Waals surface area contributed by atoms with Crippen molar-refractivity contribution in [3.63, 3.8) is 0 Å². The third-order valence-electron chi connectivity index (χ3n) is 3.11. The van der Waals surface area contributed by atoms with Gasteiger partial charge in [0.15, 0.2) is 0 Å². The first-order chi connectivity index (χ1) is 8.22. The van der Waals surface area contributed by atoms with Crippen molar-refractivity contribution < 1.29 is 4.79 Å². The molecular formula is C13H15BrClNO. The maximum absolute atomic E-state index is 11.9. The van der Waals surface area contributed by atoms with Gasteiger partial charge in [-0.15, -0.1) is 11.6 Å². The molecule has 17 heavy (non-hydrogen) atoms. The van der Waals surface area contributed by atoms with E-state index in [-0.39, 0.29) is 11.9 Å². The summed E-state index contributed by atoms with van der Waals surface area (Å²) >= 11 is 9.11. The molecule has 1 fully saturated rings. The summed E-state index contributed by atoms with van der Waals surface area (Å²) in [4.78, 5) is 13.9. The number of carbonyl (C=O) groups excluding carboxylic acids is 1. The molecule has 4 heteroatoms. The number of alkyl halides is 1. The van der Waals surface area contributed by atoms with E-state index >= 15 is 0 Å². The fourth-order valence-electron chi connectivity index (χ4n) is 2.35. The normalized spacial score (nSPS) is 19.6. The Morgan fingerprint density at radius 2 is 2.35 bits per heavy atom. The summed E-state index contributed by atoms with van der Waals surface area (Å²) in [6.45, 7) is 0.854. The van der Waals surface area contributed by atoms with E-state index in [2.05, 4.69) is 28.1 Å². The summed E-state index contributed by atoms with van der Waals surface area (Å²) in [5.74, 6) is 0.572. The van der Waals surface area contributed by atoms with Crippen LogP contribution < -0.4 is 0 Å². The Morgan fingerprint density at radius 1 is 1.53 bits per heavy atom. The van der Waals surface area contributed by atoms with Crippen LogP contribution in [0.4, 0.5) is 0 Å². The second-order valence-electron chi connectivity index (χ2n) is 4.24. The van der Waals surface area contributed by atoms with Crippen LogP contribution in [0.5, 0.6) is 0 Å². The second kappa shape index (κ2) is 5.87. The van der Waals surface area contributed by atoms with Gasteiger partial charge in [0.1, 0.15) is 0 Å². The van der Waals surface area contributed by atoms with Crippen LogP contribution in [-0.2, 0) is 4.79 Å². The molecule has 0 aromatic heterocycles. The van der Waals surface area contributed by atoms with E-state index < -0.39 is 0 Å². The number of halogens is 2. The van der Waals surface area contributed by atoms with E-state index in [0.717, 1.165) is 23.9 Å². The molecule has 1 aliphatic heterocycles. The van der Waals surface area contributed by atoms with Gasteiger partial charge in [0, 0.05) is 23.3 Å². The number of hydrogen-bond donors (Lipinski definition) is 0. The van der Waals surface area contributed by atoms with Gasteiger partial charge in [0.2, 0.25) is 5.91 Å². The highest BCUT2D eigenvalue weighted by Crippen LogP contribution is 2.33. The molecule has 92 valence electrons. The molecule has 0 saturated carbocycles. The summed E-state index contributed by atoms with van der Waals surface area (Å²) in [7, 11) is 0. The SMILES string of the molecule is O=C(CCCl)N1CCCC1c1cccc(Br)c1. The summed E-state index contributed by atoms with van der Waals surface area (Å²) in [5, 5.41) is 0. The van der Waals surface area contributed by atoms with Crippen LogP contribution in [0.3, 0.4) is 0 Å². The van der Waals surface area contributed by atoms with Crippen LogP contribution in [0.1, 0.15) is 30.9 Å². The predicted octanol–water partition coefficient (Wildman–Crippen LogP) is 3.74. The van der Waals surface area contributed by atoms with Crippen molar-refractivity contribution >= 4 is 33.4 Å². The third kappa shape index (κ3) is 3.02. The zero-order chi connectivity index (χ0) is 12.3. The van der Waals surface area contributed by atoms with E-state index in [0.29, 0.717) is 12.3 Å². The van der Waals surface area contributed by atoms with Crippen LogP contribution in [0.15, 0.2) is 28.7 Å². The molecule has 1 aromatic carbocycles. The summed E-state index contributed by atoms with van der Waals surface area (Å²) in [6.07, 6.45) is 2.56. The lowest BCUT2D eigenvalue weighted by Crippen LogP contribution is -2.30. The Labute approximate surface area is 115 Å². The van der Waals surface area contributed by atoms with Crippen molar-refractivity contribution in [3.05, 3.63) is 34.3 Å². The smallest absolute Gasteiger partial charge is 0.224 e. The Bertz CT molecular complexity index is 410. The molecule has 1 aromatic rings. The largest absolute Gasteiger partial charge is 0.336 e. The first-order valence-corrected chi connectivity index (χ1v) is 7.16. The van der Waals surface area contributed by atoms with Gasteiger partial charge in [-0.1, -0.05) is 28.1 Å². The first-order valence-electron chi connectivity index (χ1n) is 5.83. The average Bonchev–Trinajstić information content (AvgIpc) is 2.78. The molecule has 2 rings (SSSR count). The maximum Gasteiger partial charge on any atom is 0.224 e. The Morgan fingerprint density at radius 3 is 3.06 bits per heavy atom. The molecule has 1 atom stereocenters. The Hall–Kier alpha value is -0.540. The third-order valence-corrected chi connectivity index (χ3v) is 3.80. The quantitative estimate of drug-likeness (QED) is 0.778. The van der Waals surface area contributed by atoms with Crippen LogP contribution in [0.25, 0.3) is 0 Å².